The van der Waals surface area contributed by atoms with Crippen LogP contribution in [-0.4, -0.2) is 56.9 Å². The van der Waals surface area contributed by atoms with Gasteiger partial charge in [0.2, 0.25) is 5.91 Å². The van der Waals surface area contributed by atoms with Gasteiger partial charge in [-0.25, -0.2) is 4.99 Å². The van der Waals surface area contributed by atoms with E-state index in [2.05, 4.69) is 20.9 Å². The van der Waals surface area contributed by atoms with Gasteiger partial charge in [0.05, 0.1) is 12.0 Å². The highest BCUT2D eigenvalue weighted by molar-refractivity contribution is 14.0. The Labute approximate surface area is 191 Å². The zero-order valence-corrected chi connectivity index (χ0v) is 20.2. The molecule has 8 heteroatoms. The highest BCUT2D eigenvalue weighted by Gasteiger charge is 2.42. The predicted molar refractivity (Wildman–Crippen MR) is 128 cm³/mol. The van der Waals surface area contributed by atoms with Crippen LogP contribution in [0, 0.1) is 5.41 Å². The number of nitrogens with one attached hydrogen (secondary N) is 3. The van der Waals surface area contributed by atoms with E-state index in [-0.39, 0.29) is 41.2 Å². The fourth-order valence-electron chi connectivity index (χ4n) is 3.66. The monoisotopic (exact) mass is 515 g/mol. The number of hydrogen-bond acceptors (Lipinski definition) is 3. The smallest absolute Gasteiger partial charge is 0.251 e. The summed E-state index contributed by atoms with van der Waals surface area (Å²) in [6.45, 7) is 3.85. The molecule has 29 heavy (non-hydrogen) atoms. The number of guanidine groups is 1. The molecule has 0 aromatic heterocycles. The fraction of sp³-hybridized carbons (Fsp3) is 0.571. The Bertz CT molecular complexity index is 698. The van der Waals surface area contributed by atoms with Crippen molar-refractivity contribution >= 4 is 41.8 Å². The first-order valence-electron chi connectivity index (χ1n) is 9.97. The highest BCUT2D eigenvalue weighted by atomic mass is 127. The molecule has 1 aliphatic carbocycles. The van der Waals surface area contributed by atoms with Gasteiger partial charge < -0.3 is 20.9 Å². The van der Waals surface area contributed by atoms with E-state index >= 15 is 0 Å². The van der Waals surface area contributed by atoms with Crippen molar-refractivity contribution in [1.29, 1.82) is 0 Å². The molecule has 3 N–H and O–H groups in total. The molecular weight excluding hydrogens is 481 g/mol. The summed E-state index contributed by atoms with van der Waals surface area (Å²) in [6.07, 6.45) is 4.01. The van der Waals surface area contributed by atoms with Crippen LogP contribution in [0.2, 0.25) is 0 Å². The van der Waals surface area contributed by atoms with Gasteiger partial charge in [0, 0.05) is 39.8 Å². The Morgan fingerprint density at radius 2 is 1.72 bits per heavy atom. The van der Waals surface area contributed by atoms with Crippen molar-refractivity contribution in [3.63, 3.8) is 0 Å². The molecule has 1 aromatic rings. The van der Waals surface area contributed by atoms with Gasteiger partial charge in [-0.15, -0.1) is 24.0 Å². The minimum Gasteiger partial charge on any atom is -0.357 e. The van der Waals surface area contributed by atoms with Crippen LogP contribution in [0.15, 0.2) is 29.3 Å². The third-order valence-electron chi connectivity index (χ3n) is 5.22. The number of carbonyl (C=O) groups is 2. The van der Waals surface area contributed by atoms with Crippen LogP contribution in [0.5, 0.6) is 0 Å². The summed E-state index contributed by atoms with van der Waals surface area (Å²) in [5.41, 5.74) is 1.31. The second-order valence-electron chi connectivity index (χ2n) is 7.51. The van der Waals surface area contributed by atoms with E-state index < -0.39 is 0 Å². The number of carbonyl (C=O) groups excluding carboxylic acids is 2. The topological polar surface area (TPSA) is 85.8 Å². The molecule has 0 saturated heterocycles. The Hall–Kier alpha value is -1.84. The third kappa shape index (κ3) is 6.87. The Kier molecular flexibility index (Phi) is 10.4. The molecular formula is C21H34IN5O2. The van der Waals surface area contributed by atoms with Gasteiger partial charge in [0.1, 0.15) is 0 Å². The maximum atomic E-state index is 12.7. The van der Waals surface area contributed by atoms with Crippen molar-refractivity contribution in [2.45, 2.75) is 39.2 Å². The highest BCUT2D eigenvalue weighted by Crippen LogP contribution is 2.38. The summed E-state index contributed by atoms with van der Waals surface area (Å²) in [6, 6.07) is 7.41. The molecule has 1 saturated carbocycles. The van der Waals surface area contributed by atoms with Crippen molar-refractivity contribution in [2.75, 3.05) is 34.2 Å². The lowest BCUT2D eigenvalue weighted by molar-refractivity contribution is -0.138. The van der Waals surface area contributed by atoms with Crippen LogP contribution in [0.4, 0.5) is 0 Å². The molecule has 7 nitrogen and oxygen atoms in total. The average molecular weight is 515 g/mol. The first-order chi connectivity index (χ1) is 13.4. The number of rotatable bonds is 7. The first-order valence-corrected chi connectivity index (χ1v) is 9.97. The van der Waals surface area contributed by atoms with Crippen LogP contribution < -0.4 is 16.0 Å². The summed E-state index contributed by atoms with van der Waals surface area (Å²) in [5.74, 6) is 0.798. The molecule has 0 atom stereocenters. The first kappa shape index (κ1) is 25.2. The molecule has 0 spiro atoms. The van der Waals surface area contributed by atoms with Gasteiger partial charge >= 0.3 is 0 Å². The number of benzene rings is 1. The number of amides is 2. The van der Waals surface area contributed by atoms with E-state index in [0.717, 1.165) is 37.8 Å². The van der Waals surface area contributed by atoms with Gasteiger partial charge in [-0.2, -0.15) is 0 Å². The summed E-state index contributed by atoms with van der Waals surface area (Å²) >= 11 is 0. The Balaban J connectivity index is 0.00000420. The second kappa shape index (κ2) is 12.0. The number of aliphatic imine (C=N–C) groups is 1. The molecule has 0 aliphatic heterocycles. The molecule has 0 radical (unpaired) electrons. The van der Waals surface area contributed by atoms with E-state index in [0.29, 0.717) is 24.6 Å². The van der Waals surface area contributed by atoms with Crippen LogP contribution in [0.1, 0.15) is 48.5 Å². The lowest BCUT2D eigenvalue weighted by Crippen LogP contribution is -2.49. The van der Waals surface area contributed by atoms with Crippen LogP contribution in [-0.2, 0) is 11.3 Å². The summed E-state index contributed by atoms with van der Waals surface area (Å²) in [7, 11) is 5.27. The van der Waals surface area contributed by atoms with Crippen LogP contribution in [0.3, 0.4) is 0 Å². The van der Waals surface area contributed by atoms with Crippen molar-refractivity contribution in [3.8, 4) is 0 Å². The quantitative estimate of drug-likeness (QED) is 0.296. The molecule has 0 heterocycles. The third-order valence-corrected chi connectivity index (χ3v) is 5.22. The molecule has 1 aromatic carbocycles. The molecule has 1 fully saturated rings. The SMILES string of the molecule is CCNC(=NCc1ccc(C(=O)NC)cc1)NCC1(C(=O)N(C)C)CCCC1.I. The minimum atomic E-state index is -0.338. The molecule has 162 valence electrons. The van der Waals surface area contributed by atoms with Crippen LogP contribution >= 0.6 is 24.0 Å². The lowest BCUT2D eigenvalue weighted by atomic mass is 9.84. The molecule has 2 rings (SSSR count). The minimum absolute atomic E-state index is 0. The molecule has 0 bridgehead atoms. The Morgan fingerprint density at radius 3 is 2.24 bits per heavy atom. The molecule has 1 aliphatic rings. The zero-order chi connectivity index (χ0) is 20.6. The molecule has 2 amide bonds. The fourth-order valence-corrected chi connectivity index (χ4v) is 3.66. The molecule has 0 unspecified atom stereocenters. The standard InChI is InChI=1S/C21H33N5O2.HI/c1-5-23-20(24-14-16-8-10-17(11-9-16)18(27)22-2)25-15-21(12-6-7-13-21)19(28)26(3)4;/h8-11H,5-7,12-15H2,1-4H3,(H,22,27)(H2,23,24,25);1H. The largest absolute Gasteiger partial charge is 0.357 e. The normalized spacial score (nSPS) is 15.2. The predicted octanol–water partition coefficient (Wildman–Crippen LogP) is 2.37. The van der Waals surface area contributed by atoms with E-state index in [9.17, 15) is 9.59 Å². The summed E-state index contributed by atoms with van der Waals surface area (Å²) in [4.78, 5) is 30.7. The average Bonchev–Trinajstić information content (AvgIpc) is 3.19. The van der Waals surface area contributed by atoms with Crippen LogP contribution in [0.25, 0.3) is 0 Å². The van der Waals surface area contributed by atoms with Crippen molar-refractivity contribution in [1.82, 2.24) is 20.9 Å². The summed E-state index contributed by atoms with van der Waals surface area (Å²) in [5, 5.41) is 9.24. The number of halogens is 1. The second-order valence-corrected chi connectivity index (χ2v) is 7.51. The maximum Gasteiger partial charge on any atom is 0.251 e. The van der Waals surface area contributed by atoms with Gasteiger partial charge in [-0.3, -0.25) is 9.59 Å². The van der Waals surface area contributed by atoms with Gasteiger partial charge in [0.25, 0.3) is 5.91 Å². The van der Waals surface area contributed by atoms with Gasteiger partial charge in [-0.05, 0) is 37.5 Å². The maximum absolute atomic E-state index is 12.7. The van der Waals surface area contributed by atoms with Crippen molar-refractivity contribution in [2.24, 2.45) is 10.4 Å². The van der Waals surface area contributed by atoms with Crippen molar-refractivity contribution in [3.05, 3.63) is 35.4 Å². The van der Waals surface area contributed by atoms with Gasteiger partial charge in [0.15, 0.2) is 5.96 Å². The van der Waals surface area contributed by atoms with E-state index in [4.69, 9.17) is 0 Å². The van der Waals surface area contributed by atoms with Gasteiger partial charge in [-0.1, -0.05) is 25.0 Å². The van der Waals surface area contributed by atoms with E-state index in [1.807, 2.05) is 33.2 Å². The summed E-state index contributed by atoms with van der Waals surface area (Å²) < 4.78 is 0. The number of nitrogens with zero attached hydrogens (tertiary/aromatic N) is 2. The van der Waals surface area contributed by atoms with E-state index in [1.165, 1.54) is 0 Å². The number of hydrogen-bond donors (Lipinski definition) is 3. The zero-order valence-electron chi connectivity index (χ0n) is 17.9. The van der Waals surface area contributed by atoms with Crippen molar-refractivity contribution < 1.29 is 9.59 Å². The Morgan fingerprint density at radius 1 is 1.10 bits per heavy atom. The lowest BCUT2D eigenvalue weighted by Gasteiger charge is -2.31. The van der Waals surface area contributed by atoms with E-state index in [1.54, 1.807) is 24.1 Å².